The van der Waals surface area contributed by atoms with Gasteiger partial charge in [-0.05, 0) is 30.4 Å². The lowest BCUT2D eigenvalue weighted by Crippen LogP contribution is -2.21. The highest BCUT2D eigenvalue weighted by Gasteiger charge is 2.13. The first-order valence-corrected chi connectivity index (χ1v) is 9.06. The van der Waals surface area contributed by atoms with Gasteiger partial charge in [0.25, 0.3) is 5.56 Å². The van der Waals surface area contributed by atoms with Gasteiger partial charge in [0.1, 0.15) is 0 Å². The third-order valence-electron chi connectivity index (χ3n) is 4.20. The Morgan fingerprint density at radius 3 is 2.36 bits per heavy atom. The zero-order chi connectivity index (χ0) is 18.6. The SMILES string of the molecule is CC.Cc1ccccc1Cn1cc2c(CC(C)C)nn(C)c(=O)c2c1. The normalized spacial score (nSPS) is 10.8. The van der Waals surface area contributed by atoms with Crippen LogP contribution in [0.25, 0.3) is 10.8 Å². The second-order valence-corrected chi connectivity index (χ2v) is 6.66. The number of aromatic nitrogens is 3. The third kappa shape index (κ3) is 4.19. The van der Waals surface area contributed by atoms with Crippen molar-refractivity contribution in [2.24, 2.45) is 13.0 Å². The maximum Gasteiger partial charge on any atom is 0.275 e. The predicted molar refractivity (Wildman–Crippen MR) is 105 cm³/mol. The average Bonchev–Trinajstić information content (AvgIpc) is 3.00. The molecule has 0 bridgehead atoms. The molecule has 3 rings (SSSR count). The Labute approximate surface area is 150 Å². The molecule has 4 nitrogen and oxygen atoms in total. The molecule has 0 saturated heterocycles. The van der Waals surface area contributed by atoms with E-state index in [0.717, 1.165) is 29.4 Å². The van der Waals surface area contributed by atoms with Gasteiger partial charge in [0.2, 0.25) is 0 Å². The van der Waals surface area contributed by atoms with Crippen molar-refractivity contribution in [2.45, 2.75) is 47.6 Å². The highest BCUT2D eigenvalue weighted by molar-refractivity contribution is 5.83. The van der Waals surface area contributed by atoms with E-state index in [1.54, 1.807) is 7.05 Å². The van der Waals surface area contributed by atoms with Crippen LogP contribution in [0.1, 0.15) is 44.5 Å². The molecule has 0 unspecified atom stereocenters. The van der Waals surface area contributed by atoms with Crippen molar-refractivity contribution in [3.05, 3.63) is 63.8 Å². The zero-order valence-corrected chi connectivity index (χ0v) is 16.2. The van der Waals surface area contributed by atoms with Crippen LogP contribution in [0.3, 0.4) is 0 Å². The standard InChI is InChI=1S/C19H23N3O.C2H6/c1-13(2)9-18-16-11-22(10-15-8-6-5-7-14(15)3)12-17(16)19(23)21(4)20-18;1-2/h5-8,11-13H,9-10H2,1-4H3;1-2H3. The fraction of sp³-hybridized carbons (Fsp3) is 0.429. The highest BCUT2D eigenvalue weighted by atomic mass is 16.1. The van der Waals surface area contributed by atoms with Gasteiger partial charge in [-0.2, -0.15) is 5.10 Å². The molecule has 0 N–H and O–H groups in total. The highest BCUT2D eigenvalue weighted by Crippen LogP contribution is 2.19. The maximum atomic E-state index is 12.4. The van der Waals surface area contributed by atoms with Crippen LogP contribution in [0.5, 0.6) is 0 Å². The van der Waals surface area contributed by atoms with Gasteiger partial charge in [-0.3, -0.25) is 4.79 Å². The molecule has 2 heterocycles. The third-order valence-corrected chi connectivity index (χ3v) is 4.20. The fourth-order valence-electron chi connectivity index (χ4n) is 2.98. The first-order valence-electron chi connectivity index (χ1n) is 9.06. The van der Waals surface area contributed by atoms with E-state index < -0.39 is 0 Å². The number of aryl methyl sites for hydroxylation is 2. The summed E-state index contributed by atoms with van der Waals surface area (Å²) >= 11 is 0. The monoisotopic (exact) mass is 339 g/mol. The van der Waals surface area contributed by atoms with Crippen molar-refractivity contribution in [3.8, 4) is 0 Å². The first kappa shape index (κ1) is 19.0. The molecule has 0 aliphatic carbocycles. The minimum absolute atomic E-state index is 0.0314. The van der Waals surface area contributed by atoms with Crippen molar-refractivity contribution < 1.29 is 0 Å². The van der Waals surface area contributed by atoms with Crippen molar-refractivity contribution >= 4 is 10.8 Å². The van der Waals surface area contributed by atoms with Gasteiger partial charge in [0.05, 0.1) is 11.1 Å². The Balaban J connectivity index is 0.00000109. The summed E-state index contributed by atoms with van der Waals surface area (Å²) in [6, 6.07) is 8.34. The minimum Gasteiger partial charge on any atom is -0.348 e. The van der Waals surface area contributed by atoms with E-state index in [4.69, 9.17) is 0 Å². The van der Waals surface area contributed by atoms with Crippen molar-refractivity contribution in [2.75, 3.05) is 0 Å². The van der Waals surface area contributed by atoms with Gasteiger partial charge in [-0.15, -0.1) is 0 Å². The number of benzene rings is 1. The van der Waals surface area contributed by atoms with E-state index in [-0.39, 0.29) is 5.56 Å². The van der Waals surface area contributed by atoms with Crippen LogP contribution in [-0.4, -0.2) is 14.3 Å². The van der Waals surface area contributed by atoms with Crippen molar-refractivity contribution in [1.82, 2.24) is 14.3 Å². The molecule has 0 amide bonds. The molecule has 2 aromatic heterocycles. The summed E-state index contributed by atoms with van der Waals surface area (Å²) in [5.74, 6) is 0.503. The summed E-state index contributed by atoms with van der Waals surface area (Å²) in [6.07, 6.45) is 4.89. The minimum atomic E-state index is -0.0314. The van der Waals surface area contributed by atoms with E-state index in [2.05, 4.69) is 54.8 Å². The Morgan fingerprint density at radius 2 is 1.72 bits per heavy atom. The van der Waals surface area contributed by atoms with Crippen LogP contribution >= 0.6 is 0 Å². The number of nitrogens with zero attached hydrogens (tertiary/aromatic N) is 3. The molecule has 4 heteroatoms. The maximum absolute atomic E-state index is 12.4. The molecular weight excluding hydrogens is 310 g/mol. The molecule has 25 heavy (non-hydrogen) atoms. The van der Waals surface area contributed by atoms with Crippen LogP contribution in [-0.2, 0) is 20.0 Å². The number of hydrogen-bond acceptors (Lipinski definition) is 2. The average molecular weight is 339 g/mol. The molecule has 0 atom stereocenters. The zero-order valence-electron chi connectivity index (χ0n) is 16.2. The summed E-state index contributed by atoms with van der Waals surface area (Å²) in [7, 11) is 1.73. The van der Waals surface area contributed by atoms with E-state index in [9.17, 15) is 4.79 Å². The molecular formula is C21H29N3O. The van der Waals surface area contributed by atoms with Crippen LogP contribution in [0.4, 0.5) is 0 Å². The molecule has 0 aliphatic heterocycles. The van der Waals surface area contributed by atoms with Crippen LogP contribution < -0.4 is 5.56 Å². The van der Waals surface area contributed by atoms with Gasteiger partial charge < -0.3 is 4.57 Å². The predicted octanol–water partition coefficient (Wildman–Crippen LogP) is 4.32. The molecule has 0 spiro atoms. The Morgan fingerprint density at radius 1 is 1.08 bits per heavy atom. The number of rotatable bonds is 4. The molecule has 0 fully saturated rings. The largest absolute Gasteiger partial charge is 0.348 e. The van der Waals surface area contributed by atoms with E-state index in [1.165, 1.54) is 15.8 Å². The van der Waals surface area contributed by atoms with Crippen LogP contribution in [0.15, 0.2) is 41.5 Å². The molecule has 0 aliphatic rings. The summed E-state index contributed by atoms with van der Waals surface area (Å²) in [5.41, 5.74) is 3.50. The molecule has 3 aromatic rings. The smallest absolute Gasteiger partial charge is 0.275 e. The quantitative estimate of drug-likeness (QED) is 0.710. The topological polar surface area (TPSA) is 39.8 Å². The van der Waals surface area contributed by atoms with Gasteiger partial charge in [0, 0.05) is 31.4 Å². The molecule has 1 aromatic carbocycles. The fourth-order valence-corrected chi connectivity index (χ4v) is 2.98. The summed E-state index contributed by atoms with van der Waals surface area (Å²) in [5, 5.41) is 6.21. The Hall–Kier alpha value is -2.36. The van der Waals surface area contributed by atoms with Gasteiger partial charge in [-0.25, -0.2) is 4.68 Å². The van der Waals surface area contributed by atoms with E-state index in [1.807, 2.05) is 26.1 Å². The number of hydrogen-bond donors (Lipinski definition) is 0. The molecule has 134 valence electrons. The summed E-state index contributed by atoms with van der Waals surface area (Å²) < 4.78 is 3.55. The summed E-state index contributed by atoms with van der Waals surface area (Å²) in [4.78, 5) is 12.4. The number of fused-ring (bicyclic) bond motifs is 1. The van der Waals surface area contributed by atoms with Gasteiger partial charge >= 0.3 is 0 Å². The molecule has 0 saturated carbocycles. The van der Waals surface area contributed by atoms with Gasteiger partial charge in [0.15, 0.2) is 0 Å². The second-order valence-electron chi connectivity index (χ2n) is 6.66. The van der Waals surface area contributed by atoms with Gasteiger partial charge in [-0.1, -0.05) is 52.0 Å². The Kier molecular flexibility index (Phi) is 6.18. The first-order chi connectivity index (χ1) is 12.0. The van der Waals surface area contributed by atoms with E-state index >= 15 is 0 Å². The van der Waals surface area contributed by atoms with Crippen molar-refractivity contribution in [3.63, 3.8) is 0 Å². The lowest BCUT2D eigenvalue weighted by atomic mass is 10.1. The summed E-state index contributed by atoms with van der Waals surface area (Å²) in [6.45, 7) is 11.2. The van der Waals surface area contributed by atoms with Crippen LogP contribution in [0, 0.1) is 12.8 Å². The Bertz CT molecular complexity index is 903. The van der Waals surface area contributed by atoms with Crippen LogP contribution in [0.2, 0.25) is 0 Å². The van der Waals surface area contributed by atoms with E-state index in [0.29, 0.717) is 5.92 Å². The lowest BCUT2D eigenvalue weighted by Gasteiger charge is -2.07. The second kappa shape index (κ2) is 8.15. The lowest BCUT2D eigenvalue weighted by molar-refractivity contribution is 0.605. The van der Waals surface area contributed by atoms with Crippen molar-refractivity contribution in [1.29, 1.82) is 0 Å². The molecule has 0 radical (unpaired) electrons.